The molecule has 3 heterocycles. The van der Waals surface area contributed by atoms with Crippen LogP contribution in [0.25, 0.3) is 11.1 Å². The number of anilines is 2. The number of rotatable bonds is 10. The molecule has 4 aromatic rings. The molecule has 3 saturated carbocycles. The molecule has 0 radical (unpaired) electrons. The van der Waals surface area contributed by atoms with Crippen molar-refractivity contribution in [2.24, 2.45) is 17.3 Å². The van der Waals surface area contributed by atoms with Gasteiger partial charge in [-0.15, -0.1) is 0 Å². The minimum atomic E-state index is -4.53. The molecule has 2 unspecified atom stereocenters. The fraction of sp³-hybridized carbons (Fsp3) is 0.442. The van der Waals surface area contributed by atoms with Gasteiger partial charge in [0.25, 0.3) is 5.56 Å². The third kappa shape index (κ3) is 7.05. The number of hydrogen-bond acceptors (Lipinski definition) is 7. The van der Waals surface area contributed by atoms with E-state index in [1.54, 1.807) is 13.0 Å². The van der Waals surface area contributed by atoms with Crippen LogP contribution >= 0.6 is 0 Å². The number of nitrogens with zero attached hydrogens (tertiary/aromatic N) is 2. The summed E-state index contributed by atoms with van der Waals surface area (Å²) in [5.74, 6) is 0.0121. The molecule has 3 aliphatic carbocycles. The number of carbonyl (C=O) groups is 2. The first-order valence-corrected chi connectivity index (χ1v) is 19.9. The first-order chi connectivity index (χ1) is 27.5. The van der Waals surface area contributed by atoms with Crippen molar-refractivity contribution in [2.75, 3.05) is 10.6 Å². The maximum absolute atomic E-state index is 14.5. The van der Waals surface area contributed by atoms with Crippen molar-refractivity contribution in [2.45, 2.75) is 102 Å². The van der Waals surface area contributed by atoms with Crippen molar-refractivity contribution in [3.8, 4) is 11.1 Å². The molecule has 4 N–H and O–H groups in total. The van der Waals surface area contributed by atoms with E-state index in [4.69, 9.17) is 9.31 Å². The van der Waals surface area contributed by atoms with E-state index in [-0.39, 0.29) is 36.0 Å². The average molecular weight is 797 g/mol. The van der Waals surface area contributed by atoms with Gasteiger partial charge in [-0.2, -0.15) is 13.2 Å². The molecule has 2 bridgehead atoms. The summed E-state index contributed by atoms with van der Waals surface area (Å²) in [6.45, 7) is 10.2. The van der Waals surface area contributed by atoms with Gasteiger partial charge in [0.05, 0.1) is 40.6 Å². The van der Waals surface area contributed by atoms with E-state index < -0.39 is 59.5 Å². The highest BCUT2D eigenvalue weighted by Crippen LogP contribution is 2.64. The van der Waals surface area contributed by atoms with Gasteiger partial charge in [-0.05, 0) is 79.7 Å². The van der Waals surface area contributed by atoms with Gasteiger partial charge in [-0.3, -0.25) is 14.2 Å². The van der Waals surface area contributed by atoms with Crippen LogP contribution in [-0.2, 0) is 32.4 Å². The number of carbonyl (C=O) groups excluding carboxylic acids is 2. The molecule has 1 aromatic heterocycles. The Hall–Kier alpha value is -5.15. The Bertz CT molecular complexity index is 2290. The zero-order valence-corrected chi connectivity index (χ0v) is 33.2. The molecule has 0 spiro atoms. The first kappa shape index (κ1) is 39.7. The number of benzene rings is 3. The Morgan fingerprint density at radius 3 is 2.45 bits per heavy atom. The lowest BCUT2D eigenvalue weighted by molar-refractivity contribution is -0.185. The van der Waals surface area contributed by atoms with Crippen LogP contribution in [0.5, 0.6) is 0 Å². The van der Waals surface area contributed by atoms with Gasteiger partial charge in [0.1, 0.15) is 17.6 Å². The summed E-state index contributed by atoms with van der Waals surface area (Å²) in [6.07, 6.45) is -0.927. The quantitative estimate of drug-likeness (QED) is 0.121. The Balaban J connectivity index is 1.06. The van der Waals surface area contributed by atoms with Crippen molar-refractivity contribution < 1.29 is 32.1 Å². The number of para-hydroxylation sites is 1. The fourth-order valence-corrected chi connectivity index (χ4v) is 9.65. The van der Waals surface area contributed by atoms with Crippen molar-refractivity contribution >= 4 is 30.4 Å². The first-order valence-electron chi connectivity index (χ1n) is 19.9. The Kier molecular flexibility index (Phi) is 9.98. The Morgan fingerprint density at radius 1 is 0.983 bits per heavy atom. The second kappa shape index (κ2) is 14.6. The molecule has 5 aliphatic rings. The van der Waals surface area contributed by atoms with Crippen molar-refractivity contribution in [3.63, 3.8) is 0 Å². The van der Waals surface area contributed by atoms with Crippen LogP contribution in [0.15, 0.2) is 89.9 Å². The number of urea groups is 1. The summed E-state index contributed by atoms with van der Waals surface area (Å²) in [4.78, 5) is 47.2. The smallest absolute Gasteiger partial charge is 0.404 e. The van der Waals surface area contributed by atoms with Crippen LogP contribution in [0.4, 0.5) is 29.3 Å². The van der Waals surface area contributed by atoms with E-state index in [2.05, 4.69) is 47.0 Å². The van der Waals surface area contributed by atoms with Crippen LogP contribution in [0.3, 0.4) is 0 Å². The minimum absolute atomic E-state index is 0.0162. The number of hydrogen-bond donors (Lipinski definition) is 4. The van der Waals surface area contributed by atoms with Crippen LogP contribution in [-0.4, -0.2) is 46.3 Å². The molecule has 3 aromatic carbocycles. The molecule has 58 heavy (non-hydrogen) atoms. The van der Waals surface area contributed by atoms with Crippen LogP contribution < -0.4 is 26.8 Å². The van der Waals surface area contributed by atoms with Crippen molar-refractivity contribution in [1.82, 2.24) is 20.2 Å². The second-order valence-electron chi connectivity index (χ2n) is 17.2. The summed E-state index contributed by atoms with van der Waals surface area (Å²) in [5.41, 5.74) is -0.508. The number of halogens is 3. The number of alkyl halides is 3. The molecule has 1 saturated heterocycles. The highest BCUT2D eigenvalue weighted by atomic mass is 19.4. The molecular weight excluding hydrogens is 748 g/mol. The topological polar surface area (TPSA) is 136 Å². The predicted octanol–water partition coefficient (Wildman–Crippen LogP) is 7.69. The third-order valence-corrected chi connectivity index (χ3v) is 13.0. The highest BCUT2D eigenvalue weighted by molar-refractivity contribution is 6.47. The fourth-order valence-electron chi connectivity index (χ4n) is 9.65. The van der Waals surface area contributed by atoms with Gasteiger partial charge in [0.15, 0.2) is 0 Å². The molecule has 3 amide bonds. The van der Waals surface area contributed by atoms with Crippen molar-refractivity contribution in [3.05, 3.63) is 112 Å². The normalized spacial score (nSPS) is 27.1. The van der Waals surface area contributed by atoms with Gasteiger partial charge in [-0.1, -0.05) is 81.4 Å². The lowest BCUT2D eigenvalue weighted by Gasteiger charge is -2.63. The summed E-state index contributed by atoms with van der Waals surface area (Å²) in [7, 11) is -0.699. The second-order valence-corrected chi connectivity index (χ2v) is 17.2. The van der Waals surface area contributed by atoms with E-state index in [9.17, 15) is 27.6 Å². The molecule has 304 valence electrons. The number of nitrogens with one attached hydrogen (secondary N) is 4. The molecule has 9 rings (SSSR count). The van der Waals surface area contributed by atoms with Gasteiger partial charge >= 0.3 is 19.3 Å². The maximum Gasteiger partial charge on any atom is 0.481 e. The maximum atomic E-state index is 14.5. The predicted molar refractivity (Wildman–Crippen MR) is 215 cm³/mol. The molecule has 11 nitrogen and oxygen atoms in total. The zero-order chi connectivity index (χ0) is 41.2. The van der Waals surface area contributed by atoms with Crippen molar-refractivity contribution in [1.29, 1.82) is 0 Å². The van der Waals surface area contributed by atoms with E-state index in [1.165, 1.54) is 22.9 Å². The van der Waals surface area contributed by atoms with E-state index in [0.29, 0.717) is 29.5 Å². The molecule has 7 atom stereocenters. The zero-order valence-electron chi connectivity index (χ0n) is 33.2. The number of fused-ring (bicyclic) bond motifs is 1. The third-order valence-electron chi connectivity index (χ3n) is 13.0. The lowest BCUT2D eigenvalue weighted by atomic mass is 9.45. The van der Waals surface area contributed by atoms with E-state index in [0.717, 1.165) is 36.1 Å². The summed E-state index contributed by atoms with van der Waals surface area (Å²) < 4.78 is 54.8. The highest BCUT2D eigenvalue weighted by Gasteiger charge is 2.67. The molecule has 2 aliphatic heterocycles. The Labute approximate surface area is 335 Å². The summed E-state index contributed by atoms with van der Waals surface area (Å²) in [5, 5.41) is 12.0. The monoisotopic (exact) mass is 796 g/mol. The molecule has 4 fully saturated rings. The van der Waals surface area contributed by atoms with Crippen LogP contribution in [0.2, 0.25) is 0 Å². The molecular formula is C43H48BF3N6O5. The van der Waals surface area contributed by atoms with Crippen LogP contribution in [0.1, 0.15) is 83.3 Å². The van der Waals surface area contributed by atoms with Gasteiger partial charge < -0.3 is 30.6 Å². The van der Waals surface area contributed by atoms with E-state index in [1.807, 2.05) is 55.5 Å². The van der Waals surface area contributed by atoms with Crippen LogP contribution in [0, 0.1) is 17.3 Å². The lowest BCUT2D eigenvalue weighted by Crippen LogP contribution is -2.63. The van der Waals surface area contributed by atoms with E-state index >= 15 is 0 Å². The largest absolute Gasteiger partial charge is 0.481 e. The van der Waals surface area contributed by atoms with Gasteiger partial charge in [-0.25, -0.2) is 9.78 Å². The van der Waals surface area contributed by atoms with Gasteiger partial charge in [0, 0.05) is 18.5 Å². The SMILES string of the molecule is CC[C@H](NC(=O)[C@@H]1C[C@@](C)(NC(=O)Nc2ccccc2-c2ccccc2)c2ncc(NCc3cccc(C(F)(F)F)c3)c(=O)n21)B1O[C@@H]2C3CC(C[C@]2(C)O1)C3(C)C. The van der Waals surface area contributed by atoms with Gasteiger partial charge in [0.2, 0.25) is 5.91 Å². The Morgan fingerprint density at radius 2 is 1.72 bits per heavy atom. The number of amides is 3. The standard InChI is InChI=1S/C43H48BF3N6O5/c1-6-34(44-57-35-30-20-28(40(30,2)3)21-42(35,5)58-44)51-36(54)33-22-41(4,52-39(56)50-31-18-11-10-17-29(31)26-14-8-7-9-15-26)38-49-24-32(37(55)53(33)38)48-23-25-13-12-16-27(19-25)43(45,46)47/h7-19,24,28,30,33-35,48H,6,20-23H2,1-5H3,(H,51,54)(H2,50,52,56)/t28?,30?,33-,34-,35+,41+,42-/m0/s1. The minimum Gasteiger partial charge on any atom is -0.404 e. The number of aromatic nitrogens is 2. The molecule has 15 heteroatoms. The average Bonchev–Trinajstić information content (AvgIpc) is 3.71. The summed E-state index contributed by atoms with van der Waals surface area (Å²) in [6, 6.07) is 20.1. The summed E-state index contributed by atoms with van der Waals surface area (Å²) >= 11 is 0.